The van der Waals surface area contributed by atoms with E-state index in [1.165, 1.54) is 0 Å². The fourth-order valence-corrected chi connectivity index (χ4v) is 6.67. The lowest BCUT2D eigenvalue weighted by Gasteiger charge is -2.29. The van der Waals surface area contributed by atoms with E-state index in [0.717, 1.165) is 5.56 Å². The summed E-state index contributed by atoms with van der Waals surface area (Å²) in [6.07, 6.45) is 0. The van der Waals surface area contributed by atoms with Crippen molar-refractivity contribution in [2.75, 3.05) is 0 Å². The molecule has 1 aliphatic heterocycles. The van der Waals surface area contributed by atoms with Crippen molar-refractivity contribution in [2.24, 2.45) is 11.8 Å². The van der Waals surface area contributed by atoms with Crippen LogP contribution < -0.4 is 9.83 Å². The number of benzene rings is 2. The Morgan fingerprint density at radius 2 is 1.42 bits per heavy atom. The third-order valence-electron chi connectivity index (χ3n) is 4.60. The van der Waals surface area contributed by atoms with E-state index in [9.17, 15) is 24.4 Å². The van der Waals surface area contributed by atoms with Crippen molar-refractivity contribution in [3.05, 3.63) is 48.5 Å². The fraction of sp³-hybridized carbons (Fsp3) is 0.176. The minimum atomic E-state index is -3.68. The lowest BCUT2D eigenvalue weighted by atomic mass is 10.0. The van der Waals surface area contributed by atoms with E-state index < -0.39 is 36.8 Å². The molecule has 0 amide bonds. The highest BCUT2D eigenvalue weighted by atomic mass is 31.2. The van der Waals surface area contributed by atoms with Crippen molar-refractivity contribution in [3.63, 3.8) is 0 Å². The van der Waals surface area contributed by atoms with Crippen molar-refractivity contribution < 1.29 is 28.9 Å². The van der Waals surface area contributed by atoms with Crippen LogP contribution in [0.3, 0.4) is 0 Å². The first kappa shape index (κ1) is 15.0. The Labute approximate surface area is 137 Å². The van der Waals surface area contributed by atoms with Gasteiger partial charge in [0.1, 0.15) is 5.75 Å². The maximum absolute atomic E-state index is 13.7. The molecule has 1 aliphatic carbocycles. The molecular weight excluding hydrogens is 331 g/mol. The van der Waals surface area contributed by atoms with Crippen LogP contribution in [0.4, 0.5) is 0 Å². The molecule has 3 unspecified atom stereocenters. The molecular formula is C17H13O6P. The molecule has 6 nitrogen and oxygen atoms in total. The van der Waals surface area contributed by atoms with Gasteiger partial charge in [0.05, 0.1) is 22.8 Å². The topological polar surface area (TPSA) is 101 Å². The summed E-state index contributed by atoms with van der Waals surface area (Å²) in [7, 11) is -3.68. The second-order valence-electron chi connectivity index (χ2n) is 5.92. The summed E-state index contributed by atoms with van der Waals surface area (Å²) in [5.41, 5.74) is 0.406. The van der Waals surface area contributed by atoms with Crippen molar-refractivity contribution in [2.45, 2.75) is 5.66 Å². The summed E-state index contributed by atoms with van der Waals surface area (Å²) in [6.45, 7) is 0. The Kier molecular flexibility index (Phi) is 3.09. The molecule has 122 valence electrons. The second kappa shape index (κ2) is 4.95. The molecule has 1 heterocycles. The highest BCUT2D eigenvalue weighted by molar-refractivity contribution is 7.69. The average Bonchev–Trinajstić information content (AvgIpc) is 3.32. The molecule has 24 heavy (non-hydrogen) atoms. The normalized spacial score (nSPS) is 29.8. The SMILES string of the molecule is O=C(O)C1C(C(=O)O)C1P1(=O)Oc2ccccc2-c2ccccc21. The van der Waals surface area contributed by atoms with Gasteiger partial charge in [0, 0.05) is 5.56 Å². The van der Waals surface area contributed by atoms with Crippen LogP contribution in [0.15, 0.2) is 48.5 Å². The van der Waals surface area contributed by atoms with Gasteiger partial charge in [-0.15, -0.1) is 0 Å². The number of carboxylic acid groups (broad SMARTS) is 2. The van der Waals surface area contributed by atoms with Gasteiger partial charge in [-0.25, -0.2) is 0 Å². The standard InChI is InChI=1S/C17H13O6P/c18-16(19)13-14(17(20)21)15(13)24(22)12-8-4-2-6-10(12)9-5-1-3-7-11(9)23-24/h1-8,13-15H,(H,18,19)(H,20,21). The number of aliphatic carboxylic acids is 2. The van der Waals surface area contributed by atoms with Gasteiger partial charge in [0.25, 0.3) is 7.37 Å². The number of hydrogen-bond donors (Lipinski definition) is 2. The summed E-state index contributed by atoms with van der Waals surface area (Å²) in [4.78, 5) is 22.8. The second-order valence-corrected chi connectivity index (χ2v) is 8.37. The molecule has 0 saturated heterocycles. The number of rotatable bonds is 3. The summed E-state index contributed by atoms with van der Waals surface area (Å²) in [5.74, 6) is -4.54. The molecule has 1 saturated carbocycles. The average molecular weight is 344 g/mol. The molecule has 4 rings (SSSR count). The zero-order valence-electron chi connectivity index (χ0n) is 12.3. The van der Waals surface area contributed by atoms with Crippen molar-refractivity contribution in [1.29, 1.82) is 0 Å². The highest BCUT2D eigenvalue weighted by Gasteiger charge is 2.70. The Morgan fingerprint density at radius 1 is 0.875 bits per heavy atom. The molecule has 2 aliphatic rings. The third kappa shape index (κ3) is 1.93. The van der Waals surface area contributed by atoms with Crippen LogP contribution in [0.25, 0.3) is 11.1 Å². The van der Waals surface area contributed by atoms with Gasteiger partial charge < -0.3 is 14.7 Å². The van der Waals surface area contributed by atoms with Crippen LogP contribution in [0.1, 0.15) is 0 Å². The van der Waals surface area contributed by atoms with Crippen LogP contribution in [0.5, 0.6) is 5.75 Å². The first-order valence-corrected chi connectivity index (χ1v) is 9.08. The van der Waals surface area contributed by atoms with Crippen LogP contribution >= 0.6 is 7.37 Å². The quantitative estimate of drug-likeness (QED) is 0.830. The maximum atomic E-state index is 13.7. The Hall–Kier alpha value is -2.59. The van der Waals surface area contributed by atoms with Gasteiger partial charge in [-0.05, 0) is 17.7 Å². The summed E-state index contributed by atoms with van der Waals surface area (Å²) < 4.78 is 19.4. The predicted octanol–water partition coefficient (Wildman–Crippen LogP) is 2.43. The zero-order chi connectivity index (χ0) is 17.1. The van der Waals surface area contributed by atoms with Crippen LogP contribution in [-0.2, 0) is 14.2 Å². The monoisotopic (exact) mass is 344 g/mol. The van der Waals surface area contributed by atoms with E-state index in [1.807, 2.05) is 12.1 Å². The summed E-state index contributed by atoms with van der Waals surface area (Å²) >= 11 is 0. The number of carbonyl (C=O) groups is 2. The van der Waals surface area contributed by atoms with E-state index in [2.05, 4.69) is 0 Å². The minimum Gasteiger partial charge on any atom is -0.481 e. The van der Waals surface area contributed by atoms with Crippen LogP contribution in [-0.4, -0.2) is 27.8 Å². The molecule has 0 radical (unpaired) electrons. The van der Waals surface area contributed by atoms with Crippen LogP contribution in [0.2, 0.25) is 0 Å². The number of fused-ring (bicyclic) bond motifs is 3. The van der Waals surface area contributed by atoms with E-state index in [1.54, 1.807) is 36.4 Å². The van der Waals surface area contributed by atoms with Gasteiger partial charge in [-0.3, -0.25) is 14.2 Å². The molecule has 2 aromatic carbocycles. The van der Waals surface area contributed by atoms with Gasteiger partial charge in [-0.1, -0.05) is 36.4 Å². The Bertz CT molecular complexity index is 901. The number of carboxylic acids is 2. The largest absolute Gasteiger partial charge is 0.481 e. The Balaban J connectivity index is 1.90. The van der Waals surface area contributed by atoms with Crippen molar-refractivity contribution >= 4 is 24.6 Å². The highest BCUT2D eigenvalue weighted by Crippen LogP contribution is 2.69. The first-order chi connectivity index (χ1) is 11.4. The summed E-state index contributed by atoms with van der Waals surface area (Å²) in [5, 5.41) is 19.0. The summed E-state index contributed by atoms with van der Waals surface area (Å²) in [6, 6.07) is 13.9. The first-order valence-electron chi connectivity index (χ1n) is 7.39. The lowest BCUT2D eigenvalue weighted by Crippen LogP contribution is -2.22. The number of para-hydroxylation sites is 1. The predicted molar refractivity (Wildman–Crippen MR) is 85.8 cm³/mol. The fourth-order valence-electron chi connectivity index (χ4n) is 3.48. The molecule has 0 aromatic heterocycles. The molecule has 1 fully saturated rings. The number of hydrogen-bond acceptors (Lipinski definition) is 4. The van der Waals surface area contributed by atoms with Gasteiger partial charge >= 0.3 is 11.9 Å². The van der Waals surface area contributed by atoms with Crippen LogP contribution in [0, 0.1) is 11.8 Å². The van der Waals surface area contributed by atoms with Gasteiger partial charge in [0.2, 0.25) is 0 Å². The molecule has 0 spiro atoms. The minimum absolute atomic E-state index is 0.389. The molecule has 2 N–H and O–H groups in total. The maximum Gasteiger partial charge on any atom is 0.308 e. The third-order valence-corrected chi connectivity index (χ3v) is 7.55. The van der Waals surface area contributed by atoms with E-state index in [-0.39, 0.29) is 0 Å². The molecule has 7 heteroatoms. The van der Waals surface area contributed by atoms with E-state index >= 15 is 0 Å². The van der Waals surface area contributed by atoms with E-state index in [4.69, 9.17) is 4.52 Å². The molecule has 3 atom stereocenters. The lowest BCUT2D eigenvalue weighted by molar-refractivity contribution is -0.144. The molecule has 0 bridgehead atoms. The van der Waals surface area contributed by atoms with Gasteiger partial charge in [-0.2, -0.15) is 0 Å². The molecule has 2 aromatic rings. The smallest absolute Gasteiger partial charge is 0.308 e. The Morgan fingerprint density at radius 3 is 2.04 bits per heavy atom. The van der Waals surface area contributed by atoms with Crippen molar-refractivity contribution in [1.82, 2.24) is 0 Å². The van der Waals surface area contributed by atoms with E-state index in [0.29, 0.717) is 16.6 Å². The van der Waals surface area contributed by atoms with Gasteiger partial charge in [0.15, 0.2) is 0 Å². The zero-order valence-corrected chi connectivity index (χ0v) is 13.2. The van der Waals surface area contributed by atoms with Crippen molar-refractivity contribution in [3.8, 4) is 16.9 Å².